The Morgan fingerprint density at radius 2 is 1.55 bits per heavy atom. The van der Waals surface area contributed by atoms with Crippen LogP contribution in [-0.4, -0.2) is 85.2 Å². The second kappa shape index (κ2) is 10.4. The fourth-order valence-corrected chi connectivity index (χ4v) is 4.72. The lowest BCUT2D eigenvalue weighted by Crippen LogP contribution is -2.52. The van der Waals surface area contributed by atoms with Crippen LogP contribution in [0.25, 0.3) is 0 Å². The van der Waals surface area contributed by atoms with Crippen LogP contribution in [-0.2, 0) is 16.1 Å². The van der Waals surface area contributed by atoms with Gasteiger partial charge >= 0.3 is 6.03 Å². The van der Waals surface area contributed by atoms with Crippen molar-refractivity contribution in [2.75, 3.05) is 52.5 Å². The molecule has 0 radical (unpaired) electrons. The minimum atomic E-state index is -0.209. The maximum absolute atomic E-state index is 13.1. The summed E-state index contributed by atoms with van der Waals surface area (Å²) >= 11 is 0. The SMILES string of the molecule is O=C(NC1CCN(Cc2ccc(F)cc2)CC1)N1CCC(C(=O)N2CCOCC2)CC1. The van der Waals surface area contributed by atoms with Crippen LogP contribution in [0.5, 0.6) is 0 Å². The number of carbonyl (C=O) groups is 2. The number of rotatable bonds is 4. The molecular weight excluding hydrogens is 399 g/mol. The van der Waals surface area contributed by atoms with Gasteiger partial charge in [0.1, 0.15) is 5.82 Å². The van der Waals surface area contributed by atoms with Crippen molar-refractivity contribution in [3.63, 3.8) is 0 Å². The van der Waals surface area contributed by atoms with Crippen LogP contribution >= 0.6 is 0 Å². The third-order valence-electron chi connectivity index (χ3n) is 6.69. The molecule has 1 aromatic carbocycles. The molecule has 7 nitrogen and oxygen atoms in total. The Morgan fingerprint density at radius 1 is 0.903 bits per heavy atom. The Hall–Kier alpha value is -2.19. The summed E-state index contributed by atoms with van der Waals surface area (Å²) in [4.78, 5) is 31.5. The summed E-state index contributed by atoms with van der Waals surface area (Å²) in [6.45, 7) is 6.51. The molecular formula is C23H33FN4O3. The van der Waals surface area contributed by atoms with Crippen LogP contribution in [0, 0.1) is 11.7 Å². The number of hydrogen-bond acceptors (Lipinski definition) is 4. The van der Waals surface area contributed by atoms with Gasteiger partial charge in [-0.15, -0.1) is 0 Å². The lowest BCUT2D eigenvalue weighted by molar-refractivity contribution is -0.141. The average Bonchev–Trinajstić information content (AvgIpc) is 2.82. The molecule has 0 unspecified atom stereocenters. The van der Waals surface area contributed by atoms with Gasteiger partial charge in [0.25, 0.3) is 0 Å². The van der Waals surface area contributed by atoms with E-state index in [1.165, 1.54) is 12.1 Å². The minimum Gasteiger partial charge on any atom is -0.378 e. The molecule has 0 bridgehead atoms. The van der Waals surface area contributed by atoms with E-state index in [-0.39, 0.29) is 29.7 Å². The van der Waals surface area contributed by atoms with Crippen LogP contribution in [0.4, 0.5) is 9.18 Å². The predicted octanol–water partition coefficient (Wildman–Crippen LogP) is 2.07. The van der Waals surface area contributed by atoms with E-state index < -0.39 is 0 Å². The summed E-state index contributed by atoms with van der Waals surface area (Å²) in [5.74, 6) is 0.0356. The fourth-order valence-electron chi connectivity index (χ4n) is 4.72. The normalized spacial score (nSPS) is 21.8. The molecule has 0 spiro atoms. The molecule has 0 aliphatic carbocycles. The first-order valence-corrected chi connectivity index (χ1v) is 11.5. The predicted molar refractivity (Wildman–Crippen MR) is 115 cm³/mol. The van der Waals surface area contributed by atoms with Gasteiger partial charge < -0.3 is 19.9 Å². The lowest BCUT2D eigenvalue weighted by Gasteiger charge is -2.37. The van der Waals surface area contributed by atoms with E-state index >= 15 is 0 Å². The molecule has 1 aromatic rings. The van der Waals surface area contributed by atoms with E-state index in [2.05, 4.69) is 10.2 Å². The molecule has 31 heavy (non-hydrogen) atoms. The van der Waals surface area contributed by atoms with Gasteiger partial charge in [-0.1, -0.05) is 12.1 Å². The number of nitrogens with one attached hydrogen (secondary N) is 1. The first-order chi connectivity index (χ1) is 15.1. The van der Waals surface area contributed by atoms with Crippen LogP contribution < -0.4 is 5.32 Å². The van der Waals surface area contributed by atoms with E-state index in [1.807, 2.05) is 21.9 Å². The quantitative estimate of drug-likeness (QED) is 0.791. The second-order valence-electron chi connectivity index (χ2n) is 8.83. The smallest absolute Gasteiger partial charge is 0.317 e. The summed E-state index contributed by atoms with van der Waals surface area (Å²) in [5, 5.41) is 3.19. The Labute approximate surface area is 183 Å². The van der Waals surface area contributed by atoms with Crippen molar-refractivity contribution in [1.82, 2.24) is 20.0 Å². The third-order valence-corrected chi connectivity index (χ3v) is 6.69. The highest BCUT2D eigenvalue weighted by Crippen LogP contribution is 2.21. The molecule has 0 saturated carbocycles. The number of carbonyl (C=O) groups excluding carboxylic acids is 2. The molecule has 3 heterocycles. The van der Waals surface area contributed by atoms with Crippen LogP contribution in [0.1, 0.15) is 31.2 Å². The largest absolute Gasteiger partial charge is 0.378 e. The van der Waals surface area contributed by atoms with Gasteiger partial charge in [-0.3, -0.25) is 9.69 Å². The lowest BCUT2D eigenvalue weighted by atomic mass is 9.95. The molecule has 0 atom stereocenters. The van der Waals surface area contributed by atoms with E-state index in [0.29, 0.717) is 39.4 Å². The van der Waals surface area contributed by atoms with Crippen molar-refractivity contribution >= 4 is 11.9 Å². The van der Waals surface area contributed by atoms with E-state index in [0.717, 1.165) is 50.9 Å². The van der Waals surface area contributed by atoms with Crippen molar-refractivity contribution < 1.29 is 18.7 Å². The highest BCUT2D eigenvalue weighted by atomic mass is 19.1. The standard InChI is InChI=1S/C23H33FN4O3/c24-20-3-1-18(2-4-20)17-26-9-7-21(8-10-26)25-23(30)28-11-5-19(6-12-28)22(29)27-13-15-31-16-14-27/h1-4,19,21H,5-17H2,(H,25,30). The summed E-state index contributed by atoms with van der Waals surface area (Å²) in [7, 11) is 0. The number of urea groups is 1. The molecule has 3 aliphatic heterocycles. The zero-order chi connectivity index (χ0) is 21.6. The molecule has 3 saturated heterocycles. The molecule has 8 heteroatoms. The maximum atomic E-state index is 13.1. The van der Waals surface area contributed by atoms with Gasteiger partial charge in [-0.05, 0) is 43.4 Å². The van der Waals surface area contributed by atoms with Crippen LogP contribution in [0.3, 0.4) is 0 Å². The van der Waals surface area contributed by atoms with Crippen LogP contribution in [0.15, 0.2) is 24.3 Å². The molecule has 3 amide bonds. The van der Waals surface area contributed by atoms with Gasteiger partial charge in [0.05, 0.1) is 13.2 Å². The number of hydrogen-bond donors (Lipinski definition) is 1. The number of amides is 3. The number of nitrogens with zero attached hydrogens (tertiary/aromatic N) is 3. The van der Waals surface area contributed by atoms with Gasteiger partial charge in [-0.25, -0.2) is 9.18 Å². The number of morpholine rings is 1. The van der Waals surface area contributed by atoms with Crippen LogP contribution in [0.2, 0.25) is 0 Å². The van der Waals surface area contributed by atoms with Gasteiger partial charge in [0, 0.05) is 57.8 Å². The number of ether oxygens (including phenoxy) is 1. The zero-order valence-corrected chi connectivity index (χ0v) is 18.1. The fraction of sp³-hybridized carbons (Fsp3) is 0.652. The molecule has 170 valence electrons. The molecule has 3 fully saturated rings. The Balaban J connectivity index is 1.16. The summed E-state index contributed by atoms with van der Waals surface area (Å²) in [6, 6.07) is 6.84. The zero-order valence-electron chi connectivity index (χ0n) is 18.1. The average molecular weight is 433 g/mol. The van der Waals surface area contributed by atoms with Crippen molar-refractivity contribution in [1.29, 1.82) is 0 Å². The van der Waals surface area contributed by atoms with Gasteiger partial charge in [0.2, 0.25) is 5.91 Å². The monoisotopic (exact) mass is 432 g/mol. The summed E-state index contributed by atoms with van der Waals surface area (Å²) in [6.07, 6.45) is 3.30. The van der Waals surface area contributed by atoms with Crippen molar-refractivity contribution in [3.05, 3.63) is 35.6 Å². The Kier molecular flexibility index (Phi) is 7.40. The Bertz CT molecular complexity index is 738. The van der Waals surface area contributed by atoms with Gasteiger partial charge in [0.15, 0.2) is 0 Å². The second-order valence-corrected chi connectivity index (χ2v) is 8.83. The molecule has 4 rings (SSSR count). The third kappa shape index (κ3) is 5.95. The van der Waals surface area contributed by atoms with E-state index in [9.17, 15) is 14.0 Å². The Morgan fingerprint density at radius 3 is 2.19 bits per heavy atom. The minimum absolute atomic E-state index is 0.00532. The first kappa shape index (κ1) is 22.0. The first-order valence-electron chi connectivity index (χ1n) is 11.5. The number of benzene rings is 1. The molecule has 0 aromatic heterocycles. The maximum Gasteiger partial charge on any atom is 0.317 e. The number of piperidine rings is 2. The summed E-state index contributed by atoms with van der Waals surface area (Å²) in [5.41, 5.74) is 1.11. The van der Waals surface area contributed by atoms with Gasteiger partial charge in [-0.2, -0.15) is 0 Å². The van der Waals surface area contributed by atoms with E-state index in [4.69, 9.17) is 4.74 Å². The molecule has 3 aliphatic rings. The molecule has 1 N–H and O–H groups in total. The highest BCUT2D eigenvalue weighted by molar-refractivity contribution is 5.80. The van der Waals surface area contributed by atoms with Crippen molar-refractivity contribution in [2.45, 2.75) is 38.3 Å². The van der Waals surface area contributed by atoms with E-state index in [1.54, 1.807) is 0 Å². The van der Waals surface area contributed by atoms with Crippen molar-refractivity contribution in [3.8, 4) is 0 Å². The van der Waals surface area contributed by atoms with Crippen molar-refractivity contribution in [2.24, 2.45) is 5.92 Å². The summed E-state index contributed by atoms with van der Waals surface area (Å²) < 4.78 is 18.4. The topological polar surface area (TPSA) is 65.1 Å². The number of likely N-dealkylation sites (tertiary alicyclic amines) is 2. The highest BCUT2D eigenvalue weighted by Gasteiger charge is 2.31. The number of halogens is 1.